The van der Waals surface area contributed by atoms with Gasteiger partial charge in [-0.1, -0.05) is 49.4 Å². The SMILES string of the molecule is Oc1c(C#CC2CCCC2)cc2c(c1-c1c(O)c(C#CC3CCCC3)cc3c1CCCC3)CCCC2. The molecule has 0 aliphatic heterocycles. The molecule has 186 valence electrons. The fraction of sp³-hybridized carbons (Fsp3) is 0.529. The van der Waals surface area contributed by atoms with E-state index in [1.165, 1.54) is 86.5 Å². The first-order valence-corrected chi connectivity index (χ1v) is 14.5. The lowest BCUT2D eigenvalue weighted by Gasteiger charge is -2.27. The quantitative estimate of drug-likeness (QED) is 0.414. The zero-order chi connectivity index (χ0) is 24.5. The monoisotopic (exact) mass is 478 g/mol. The summed E-state index contributed by atoms with van der Waals surface area (Å²) in [5.41, 5.74) is 8.22. The molecule has 2 fully saturated rings. The summed E-state index contributed by atoms with van der Waals surface area (Å²) in [6, 6.07) is 4.28. The summed E-state index contributed by atoms with van der Waals surface area (Å²) in [6.45, 7) is 0. The summed E-state index contributed by atoms with van der Waals surface area (Å²) in [6.07, 6.45) is 18.2. The van der Waals surface area contributed by atoms with Gasteiger partial charge in [0.05, 0.1) is 11.1 Å². The zero-order valence-corrected chi connectivity index (χ0v) is 21.5. The first kappa shape index (κ1) is 23.6. The van der Waals surface area contributed by atoms with Crippen molar-refractivity contribution in [1.29, 1.82) is 0 Å². The molecule has 2 aromatic carbocycles. The minimum atomic E-state index is 0.269. The average Bonchev–Trinajstić information content (AvgIpc) is 3.62. The number of aromatic hydroxyl groups is 2. The number of phenols is 2. The van der Waals surface area contributed by atoms with Gasteiger partial charge in [0.2, 0.25) is 0 Å². The third-order valence-corrected chi connectivity index (χ3v) is 9.03. The van der Waals surface area contributed by atoms with Gasteiger partial charge in [0.1, 0.15) is 11.5 Å². The molecule has 2 N–H and O–H groups in total. The van der Waals surface area contributed by atoms with Crippen molar-refractivity contribution >= 4 is 0 Å². The van der Waals surface area contributed by atoms with Crippen molar-refractivity contribution in [3.8, 4) is 46.3 Å². The van der Waals surface area contributed by atoms with Crippen LogP contribution in [0.1, 0.15) is 110 Å². The molecule has 36 heavy (non-hydrogen) atoms. The van der Waals surface area contributed by atoms with Crippen LogP contribution in [-0.4, -0.2) is 10.2 Å². The molecule has 2 saturated carbocycles. The highest BCUT2D eigenvalue weighted by atomic mass is 16.3. The molecule has 0 heterocycles. The van der Waals surface area contributed by atoms with Crippen molar-refractivity contribution in [2.24, 2.45) is 11.8 Å². The Morgan fingerprint density at radius 2 is 0.917 bits per heavy atom. The Balaban J connectivity index is 1.54. The number of aryl methyl sites for hydroxylation is 2. The van der Waals surface area contributed by atoms with Gasteiger partial charge in [-0.05, 0) is 111 Å². The highest BCUT2D eigenvalue weighted by molar-refractivity contribution is 5.87. The van der Waals surface area contributed by atoms with E-state index < -0.39 is 0 Å². The standard InChI is InChI=1S/C34H38O2/c35-33-27(19-17-23-9-1-2-10-23)21-25-13-5-7-15-29(25)31(33)32-30-16-8-6-14-26(30)22-28(34(32)36)20-18-24-11-3-4-12-24/h21-24,35-36H,1-16H2. The van der Waals surface area contributed by atoms with Gasteiger partial charge in [-0.25, -0.2) is 0 Å². The third-order valence-electron chi connectivity index (χ3n) is 9.03. The molecule has 0 spiro atoms. The lowest BCUT2D eigenvalue weighted by Crippen LogP contribution is -2.10. The zero-order valence-electron chi connectivity index (χ0n) is 21.5. The summed E-state index contributed by atoms with van der Waals surface area (Å²) in [4.78, 5) is 0. The van der Waals surface area contributed by atoms with E-state index in [2.05, 4.69) is 35.8 Å². The number of benzene rings is 2. The van der Waals surface area contributed by atoms with Crippen LogP contribution in [-0.2, 0) is 25.7 Å². The molecule has 0 aromatic heterocycles. The van der Waals surface area contributed by atoms with Crippen molar-refractivity contribution < 1.29 is 10.2 Å². The van der Waals surface area contributed by atoms with Crippen LogP contribution >= 0.6 is 0 Å². The van der Waals surface area contributed by atoms with Crippen LogP contribution in [0, 0.1) is 35.5 Å². The van der Waals surface area contributed by atoms with Crippen molar-refractivity contribution in [1.82, 2.24) is 0 Å². The molecule has 6 rings (SSSR count). The smallest absolute Gasteiger partial charge is 0.139 e. The minimum Gasteiger partial charge on any atom is -0.506 e. The van der Waals surface area contributed by atoms with Crippen molar-refractivity contribution in [3.05, 3.63) is 45.5 Å². The highest BCUT2D eigenvalue weighted by Gasteiger charge is 2.28. The predicted molar refractivity (Wildman–Crippen MR) is 146 cm³/mol. The van der Waals surface area contributed by atoms with Crippen molar-refractivity contribution in [2.45, 2.75) is 103 Å². The molecule has 0 radical (unpaired) electrons. The van der Waals surface area contributed by atoms with Crippen molar-refractivity contribution in [3.63, 3.8) is 0 Å². The molecule has 0 unspecified atom stereocenters. The molecule has 0 atom stereocenters. The van der Waals surface area contributed by atoms with E-state index in [4.69, 9.17) is 0 Å². The Hall–Kier alpha value is -2.84. The van der Waals surface area contributed by atoms with Crippen LogP contribution in [0.5, 0.6) is 11.5 Å². The van der Waals surface area contributed by atoms with E-state index >= 15 is 0 Å². The molecule has 4 aliphatic carbocycles. The normalized spacial score (nSPS) is 19.7. The van der Waals surface area contributed by atoms with Crippen LogP contribution in [0.15, 0.2) is 12.1 Å². The lowest BCUT2D eigenvalue weighted by molar-refractivity contribution is 0.464. The molecule has 0 amide bonds. The Labute approximate surface area is 216 Å². The van der Waals surface area contributed by atoms with E-state index in [-0.39, 0.29) is 11.5 Å². The summed E-state index contributed by atoms with van der Waals surface area (Å²) < 4.78 is 0. The fourth-order valence-corrected chi connectivity index (χ4v) is 7.02. The Morgan fingerprint density at radius 1 is 0.528 bits per heavy atom. The van der Waals surface area contributed by atoms with E-state index in [1.54, 1.807) is 0 Å². The minimum absolute atomic E-state index is 0.269. The molecule has 2 aromatic rings. The van der Waals surface area contributed by atoms with Crippen molar-refractivity contribution in [2.75, 3.05) is 0 Å². The second kappa shape index (κ2) is 10.3. The van der Waals surface area contributed by atoms with Gasteiger partial charge >= 0.3 is 0 Å². The Bertz CT molecular complexity index is 1180. The molecule has 2 heteroatoms. The number of phenolic OH excluding ortho intramolecular Hbond substituents is 2. The summed E-state index contributed by atoms with van der Waals surface area (Å²) in [7, 11) is 0. The van der Waals surface area contributed by atoms with Gasteiger partial charge < -0.3 is 10.2 Å². The van der Waals surface area contributed by atoms with Crippen LogP contribution < -0.4 is 0 Å². The molecular formula is C34H38O2. The molecular weight excluding hydrogens is 440 g/mol. The van der Waals surface area contributed by atoms with Crippen LogP contribution in [0.3, 0.4) is 0 Å². The second-order valence-corrected chi connectivity index (χ2v) is 11.5. The Kier molecular flexibility index (Phi) is 6.71. The maximum absolute atomic E-state index is 11.7. The van der Waals surface area contributed by atoms with Gasteiger partial charge in [0, 0.05) is 23.0 Å². The largest absolute Gasteiger partial charge is 0.506 e. The average molecular weight is 479 g/mol. The van der Waals surface area contributed by atoms with Gasteiger partial charge in [-0.15, -0.1) is 0 Å². The summed E-state index contributed by atoms with van der Waals surface area (Å²) >= 11 is 0. The fourth-order valence-electron chi connectivity index (χ4n) is 7.02. The summed E-state index contributed by atoms with van der Waals surface area (Å²) in [5, 5.41) is 23.5. The molecule has 4 aliphatic rings. The summed E-state index contributed by atoms with van der Waals surface area (Å²) in [5.74, 6) is 15.1. The topological polar surface area (TPSA) is 40.5 Å². The number of hydrogen-bond donors (Lipinski definition) is 2. The van der Waals surface area contributed by atoms with E-state index in [9.17, 15) is 10.2 Å². The maximum Gasteiger partial charge on any atom is 0.139 e. The molecule has 2 nitrogen and oxygen atoms in total. The number of hydrogen-bond acceptors (Lipinski definition) is 2. The predicted octanol–water partition coefficient (Wildman–Crippen LogP) is 7.61. The van der Waals surface area contributed by atoms with Gasteiger partial charge in [0.25, 0.3) is 0 Å². The Morgan fingerprint density at radius 3 is 1.33 bits per heavy atom. The third kappa shape index (κ3) is 4.52. The van der Waals surface area contributed by atoms with Gasteiger partial charge in [0.15, 0.2) is 0 Å². The first-order valence-electron chi connectivity index (χ1n) is 14.5. The number of fused-ring (bicyclic) bond motifs is 2. The van der Waals surface area contributed by atoms with Gasteiger partial charge in [-0.3, -0.25) is 0 Å². The van der Waals surface area contributed by atoms with Crippen LogP contribution in [0.2, 0.25) is 0 Å². The van der Waals surface area contributed by atoms with E-state index in [1.807, 2.05) is 0 Å². The van der Waals surface area contributed by atoms with Crippen LogP contribution in [0.4, 0.5) is 0 Å². The van der Waals surface area contributed by atoms with Crippen LogP contribution in [0.25, 0.3) is 11.1 Å². The highest BCUT2D eigenvalue weighted by Crippen LogP contribution is 2.48. The maximum atomic E-state index is 11.7. The number of rotatable bonds is 1. The lowest BCUT2D eigenvalue weighted by atomic mass is 9.78. The molecule has 0 bridgehead atoms. The van der Waals surface area contributed by atoms with Gasteiger partial charge in [-0.2, -0.15) is 0 Å². The van der Waals surface area contributed by atoms with E-state index in [0.29, 0.717) is 11.8 Å². The second-order valence-electron chi connectivity index (χ2n) is 11.5. The molecule has 0 saturated heterocycles. The first-order chi connectivity index (χ1) is 17.7. The van der Waals surface area contributed by atoms with E-state index in [0.717, 1.165) is 60.8 Å².